The highest BCUT2D eigenvalue weighted by atomic mass is 16.5. The van der Waals surface area contributed by atoms with Gasteiger partial charge in [0.2, 0.25) is 11.8 Å². The van der Waals surface area contributed by atoms with Gasteiger partial charge in [0.15, 0.2) is 0 Å². The molecule has 0 aromatic heterocycles. The van der Waals surface area contributed by atoms with E-state index in [9.17, 15) is 9.59 Å². The maximum absolute atomic E-state index is 12.7. The molecule has 5 heteroatoms. The maximum Gasteiger partial charge on any atom is 0.246 e. The monoisotopic (exact) mass is 380 g/mol. The molecular formula is C23H28N2O3. The molecule has 2 aromatic carbocycles. The zero-order chi connectivity index (χ0) is 20.5. The lowest BCUT2D eigenvalue weighted by molar-refractivity contribution is -0.127. The van der Waals surface area contributed by atoms with Crippen LogP contribution in [-0.4, -0.2) is 36.4 Å². The third-order valence-corrected chi connectivity index (χ3v) is 4.50. The van der Waals surface area contributed by atoms with Crippen LogP contribution in [0.3, 0.4) is 0 Å². The van der Waals surface area contributed by atoms with Crippen LogP contribution in [-0.2, 0) is 16.0 Å². The third-order valence-electron chi connectivity index (χ3n) is 4.50. The Kier molecular flexibility index (Phi) is 7.81. The van der Waals surface area contributed by atoms with Gasteiger partial charge in [-0.05, 0) is 61.7 Å². The predicted molar refractivity (Wildman–Crippen MR) is 113 cm³/mol. The van der Waals surface area contributed by atoms with Crippen LogP contribution in [0.15, 0.2) is 54.6 Å². The summed E-state index contributed by atoms with van der Waals surface area (Å²) < 4.78 is 5.19. The Morgan fingerprint density at radius 3 is 2.29 bits per heavy atom. The molecule has 2 amide bonds. The number of hydrogen-bond donors (Lipinski definition) is 1. The lowest BCUT2D eigenvalue weighted by atomic mass is 10.1. The van der Waals surface area contributed by atoms with Gasteiger partial charge in [0.05, 0.1) is 7.11 Å². The van der Waals surface area contributed by atoms with Gasteiger partial charge >= 0.3 is 0 Å². The predicted octanol–water partition coefficient (Wildman–Crippen LogP) is 4.15. The Balaban J connectivity index is 1.98. The van der Waals surface area contributed by atoms with E-state index < -0.39 is 0 Å². The number of methoxy groups -OCH3 is 1. The third kappa shape index (κ3) is 6.27. The molecule has 0 heterocycles. The summed E-state index contributed by atoms with van der Waals surface area (Å²) in [4.78, 5) is 25.6. The quantitative estimate of drug-likeness (QED) is 0.700. The van der Waals surface area contributed by atoms with Crippen molar-refractivity contribution in [3.05, 3.63) is 65.7 Å². The SMILES string of the molecule is CCN(C(=O)/C=C/c1ccc(NC(C)=O)cc1)C(C)Cc1ccc(OC)cc1. The lowest BCUT2D eigenvalue weighted by Gasteiger charge is -2.27. The minimum Gasteiger partial charge on any atom is -0.497 e. The van der Waals surface area contributed by atoms with Crippen LogP contribution >= 0.6 is 0 Å². The summed E-state index contributed by atoms with van der Waals surface area (Å²) in [5, 5.41) is 2.72. The van der Waals surface area contributed by atoms with Crippen molar-refractivity contribution in [3.63, 3.8) is 0 Å². The van der Waals surface area contributed by atoms with Crippen molar-refractivity contribution in [2.45, 2.75) is 33.2 Å². The molecule has 148 valence electrons. The summed E-state index contributed by atoms with van der Waals surface area (Å²) in [6.45, 7) is 6.15. The van der Waals surface area contributed by atoms with Crippen molar-refractivity contribution in [1.29, 1.82) is 0 Å². The molecule has 0 aliphatic carbocycles. The first-order valence-corrected chi connectivity index (χ1v) is 9.42. The number of carbonyl (C=O) groups is 2. The molecule has 1 N–H and O–H groups in total. The molecular weight excluding hydrogens is 352 g/mol. The van der Waals surface area contributed by atoms with Gasteiger partial charge in [0.25, 0.3) is 0 Å². The second-order valence-corrected chi connectivity index (χ2v) is 6.66. The first-order chi connectivity index (χ1) is 13.4. The molecule has 0 aliphatic heterocycles. The van der Waals surface area contributed by atoms with Gasteiger partial charge in [-0.3, -0.25) is 9.59 Å². The van der Waals surface area contributed by atoms with Crippen LogP contribution in [0.4, 0.5) is 5.69 Å². The number of ether oxygens (including phenoxy) is 1. The number of benzene rings is 2. The van der Waals surface area contributed by atoms with E-state index in [0.29, 0.717) is 6.54 Å². The molecule has 28 heavy (non-hydrogen) atoms. The zero-order valence-corrected chi connectivity index (χ0v) is 16.9. The van der Waals surface area contributed by atoms with Crippen LogP contribution < -0.4 is 10.1 Å². The Morgan fingerprint density at radius 2 is 1.75 bits per heavy atom. The largest absolute Gasteiger partial charge is 0.497 e. The number of hydrogen-bond acceptors (Lipinski definition) is 3. The number of nitrogens with zero attached hydrogens (tertiary/aromatic N) is 1. The average molecular weight is 380 g/mol. The van der Waals surface area contributed by atoms with E-state index in [1.807, 2.05) is 60.4 Å². The topological polar surface area (TPSA) is 58.6 Å². The van der Waals surface area contributed by atoms with Crippen molar-refractivity contribution >= 4 is 23.6 Å². The molecule has 0 aliphatic rings. The normalized spacial score (nSPS) is 11.9. The van der Waals surface area contributed by atoms with Crippen LogP contribution in [0.2, 0.25) is 0 Å². The van der Waals surface area contributed by atoms with Gasteiger partial charge in [0.1, 0.15) is 5.75 Å². The summed E-state index contributed by atoms with van der Waals surface area (Å²) >= 11 is 0. The van der Waals surface area contributed by atoms with E-state index in [1.54, 1.807) is 19.3 Å². The number of carbonyl (C=O) groups excluding carboxylic acids is 2. The van der Waals surface area contributed by atoms with Gasteiger partial charge in [0, 0.05) is 31.3 Å². The summed E-state index contributed by atoms with van der Waals surface area (Å²) in [7, 11) is 1.65. The summed E-state index contributed by atoms with van der Waals surface area (Å²) in [5.74, 6) is 0.699. The molecule has 0 saturated carbocycles. The Bertz CT molecular complexity index is 811. The van der Waals surface area contributed by atoms with Crippen molar-refractivity contribution < 1.29 is 14.3 Å². The smallest absolute Gasteiger partial charge is 0.246 e. The Labute approximate surface area is 167 Å². The van der Waals surface area contributed by atoms with Crippen molar-refractivity contribution in [2.75, 3.05) is 19.0 Å². The fraction of sp³-hybridized carbons (Fsp3) is 0.304. The van der Waals surface area contributed by atoms with Gasteiger partial charge in [-0.2, -0.15) is 0 Å². The Morgan fingerprint density at radius 1 is 1.11 bits per heavy atom. The van der Waals surface area contributed by atoms with Crippen molar-refractivity contribution in [1.82, 2.24) is 4.90 Å². The standard InChI is InChI=1S/C23H28N2O3/c1-5-25(17(2)16-20-8-13-22(28-4)14-9-20)23(27)15-10-19-6-11-21(12-7-19)24-18(3)26/h6-15,17H,5,16H2,1-4H3,(H,24,26)/b15-10+. The number of likely N-dealkylation sites (N-methyl/N-ethyl adjacent to an activating group) is 1. The molecule has 5 nitrogen and oxygen atoms in total. The highest BCUT2D eigenvalue weighted by Crippen LogP contribution is 2.15. The fourth-order valence-electron chi connectivity index (χ4n) is 3.04. The maximum atomic E-state index is 12.7. The van der Waals surface area contributed by atoms with Crippen molar-refractivity contribution in [2.24, 2.45) is 0 Å². The van der Waals surface area contributed by atoms with Gasteiger partial charge in [-0.15, -0.1) is 0 Å². The minimum absolute atomic E-state index is 0.0190. The number of nitrogens with one attached hydrogen (secondary N) is 1. The first-order valence-electron chi connectivity index (χ1n) is 9.42. The second kappa shape index (κ2) is 10.3. The van der Waals surface area contributed by atoms with E-state index in [2.05, 4.69) is 12.2 Å². The summed E-state index contributed by atoms with van der Waals surface area (Å²) in [5.41, 5.74) is 2.80. The summed E-state index contributed by atoms with van der Waals surface area (Å²) in [6, 6.07) is 15.4. The van der Waals surface area contributed by atoms with Gasteiger partial charge < -0.3 is 15.0 Å². The Hall–Kier alpha value is -3.08. The molecule has 2 aromatic rings. The fourth-order valence-corrected chi connectivity index (χ4v) is 3.04. The van der Waals surface area contributed by atoms with E-state index in [1.165, 1.54) is 6.92 Å². The molecule has 1 atom stereocenters. The first kappa shape index (κ1) is 21.2. The van der Waals surface area contributed by atoms with Crippen LogP contribution in [0, 0.1) is 0 Å². The molecule has 0 saturated heterocycles. The second-order valence-electron chi connectivity index (χ2n) is 6.66. The van der Waals surface area contributed by atoms with E-state index in [-0.39, 0.29) is 17.9 Å². The average Bonchev–Trinajstić information content (AvgIpc) is 2.68. The molecule has 2 rings (SSSR count). The number of anilines is 1. The van der Waals surface area contributed by atoms with Crippen LogP contribution in [0.5, 0.6) is 5.75 Å². The lowest BCUT2D eigenvalue weighted by Crippen LogP contribution is -2.38. The molecule has 0 spiro atoms. The molecule has 1 unspecified atom stereocenters. The number of amides is 2. The minimum atomic E-state index is -0.108. The van der Waals surface area contributed by atoms with E-state index in [4.69, 9.17) is 4.74 Å². The number of rotatable bonds is 8. The van der Waals surface area contributed by atoms with Gasteiger partial charge in [-0.1, -0.05) is 24.3 Å². The molecule has 0 radical (unpaired) electrons. The highest BCUT2D eigenvalue weighted by molar-refractivity contribution is 5.92. The zero-order valence-electron chi connectivity index (χ0n) is 16.9. The van der Waals surface area contributed by atoms with E-state index >= 15 is 0 Å². The summed E-state index contributed by atoms with van der Waals surface area (Å²) in [6.07, 6.45) is 4.17. The van der Waals surface area contributed by atoms with Gasteiger partial charge in [-0.25, -0.2) is 0 Å². The van der Waals surface area contributed by atoms with Crippen molar-refractivity contribution in [3.8, 4) is 5.75 Å². The van der Waals surface area contributed by atoms with E-state index in [0.717, 1.165) is 29.0 Å². The van der Waals surface area contributed by atoms with Crippen LogP contribution in [0.1, 0.15) is 31.9 Å². The highest BCUT2D eigenvalue weighted by Gasteiger charge is 2.16. The molecule has 0 bridgehead atoms. The molecule has 0 fully saturated rings. The van der Waals surface area contributed by atoms with Crippen LogP contribution in [0.25, 0.3) is 6.08 Å².